The van der Waals surface area contributed by atoms with E-state index >= 15 is 0 Å². The summed E-state index contributed by atoms with van der Waals surface area (Å²) in [4.78, 5) is 0. The van der Waals surface area contributed by atoms with Gasteiger partial charge in [-0.1, -0.05) is 12.1 Å². The van der Waals surface area contributed by atoms with Crippen molar-refractivity contribution >= 4 is 5.69 Å². The van der Waals surface area contributed by atoms with Gasteiger partial charge in [-0.15, -0.1) is 0 Å². The van der Waals surface area contributed by atoms with E-state index in [0.717, 1.165) is 16.9 Å². The van der Waals surface area contributed by atoms with Gasteiger partial charge in [0, 0.05) is 18.9 Å². The maximum absolute atomic E-state index is 5.60. The molecule has 0 unspecified atom stereocenters. The van der Waals surface area contributed by atoms with E-state index in [0.29, 0.717) is 13.2 Å². The van der Waals surface area contributed by atoms with Crippen LogP contribution in [-0.4, -0.2) is 9.78 Å². The van der Waals surface area contributed by atoms with Crippen LogP contribution in [0.2, 0.25) is 0 Å². The van der Waals surface area contributed by atoms with Crippen LogP contribution < -0.4 is 5.73 Å². The van der Waals surface area contributed by atoms with Crippen LogP contribution in [0.3, 0.4) is 0 Å². The maximum atomic E-state index is 5.60. The molecule has 2 rings (SSSR count). The highest BCUT2D eigenvalue weighted by Gasteiger charge is 1.97. The summed E-state index contributed by atoms with van der Waals surface area (Å²) in [5.74, 6) is 0. The predicted molar refractivity (Wildman–Crippen MR) is 62.6 cm³/mol. The molecule has 0 radical (unpaired) electrons. The van der Waals surface area contributed by atoms with Crippen LogP contribution in [0.5, 0.6) is 0 Å². The van der Waals surface area contributed by atoms with Gasteiger partial charge in [-0.05, 0) is 23.8 Å². The lowest BCUT2D eigenvalue weighted by Crippen LogP contribution is -1.96. The normalized spacial score (nSPS) is 10.6. The summed E-state index contributed by atoms with van der Waals surface area (Å²) in [7, 11) is 1.89. The van der Waals surface area contributed by atoms with E-state index in [1.54, 1.807) is 4.68 Å². The second kappa shape index (κ2) is 4.81. The fourth-order valence-corrected chi connectivity index (χ4v) is 1.43. The van der Waals surface area contributed by atoms with E-state index in [1.807, 2.05) is 43.6 Å². The van der Waals surface area contributed by atoms with Gasteiger partial charge in [0.1, 0.15) is 0 Å². The molecule has 0 saturated carbocycles. The first-order chi connectivity index (χ1) is 7.74. The first kappa shape index (κ1) is 10.7. The lowest BCUT2D eigenvalue weighted by Gasteiger charge is -2.02. The molecule has 16 heavy (non-hydrogen) atoms. The fraction of sp³-hybridized carbons (Fsp3) is 0.250. The van der Waals surface area contributed by atoms with E-state index in [-0.39, 0.29) is 0 Å². The zero-order valence-corrected chi connectivity index (χ0v) is 9.26. The summed E-state index contributed by atoms with van der Waals surface area (Å²) in [6.45, 7) is 1.11. The molecule has 0 aliphatic rings. The maximum Gasteiger partial charge on any atom is 0.0910 e. The zero-order valence-electron chi connectivity index (χ0n) is 9.26. The standard InChI is InChI=1S/C12H15N3O/c1-15-7-6-12(14-15)9-16-8-10-2-4-11(13)5-3-10/h2-7H,8-9,13H2,1H3. The molecular weight excluding hydrogens is 202 g/mol. The number of anilines is 1. The summed E-state index contributed by atoms with van der Waals surface area (Å²) in [5, 5.41) is 4.23. The molecule has 0 bridgehead atoms. The van der Waals surface area contributed by atoms with E-state index in [2.05, 4.69) is 5.10 Å². The Morgan fingerprint density at radius 2 is 1.94 bits per heavy atom. The molecule has 0 aliphatic carbocycles. The molecule has 1 aromatic heterocycles. The van der Waals surface area contributed by atoms with E-state index in [1.165, 1.54) is 0 Å². The summed E-state index contributed by atoms with van der Waals surface area (Å²) < 4.78 is 7.31. The fourth-order valence-electron chi connectivity index (χ4n) is 1.43. The molecule has 0 amide bonds. The van der Waals surface area contributed by atoms with Crippen molar-refractivity contribution in [2.24, 2.45) is 7.05 Å². The second-order valence-corrected chi connectivity index (χ2v) is 3.72. The van der Waals surface area contributed by atoms with E-state index in [4.69, 9.17) is 10.5 Å². The van der Waals surface area contributed by atoms with Gasteiger partial charge in [0.25, 0.3) is 0 Å². The average molecular weight is 217 g/mol. The van der Waals surface area contributed by atoms with Crippen LogP contribution in [0.15, 0.2) is 36.5 Å². The number of aromatic nitrogens is 2. The summed E-state index contributed by atoms with van der Waals surface area (Å²) in [6, 6.07) is 9.63. The number of nitrogens with zero attached hydrogens (tertiary/aromatic N) is 2. The minimum atomic E-state index is 0.533. The van der Waals surface area contributed by atoms with Gasteiger partial charge < -0.3 is 10.5 Å². The number of nitrogens with two attached hydrogens (primary N) is 1. The lowest BCUT2D eigenvalue weighted by molar-refractivity contribution is 0.104. The molecule has 1 heterocycles. The number of hydrogen-bond donors (Lipinski definition) is 1. The predicted octanol–water partition coefficient (Wildman–Crippen LogP) is 1.72. The lowest BCUT2D eigenvalue weighted by atomic mass is 10.2. The first-order valence-electron chi connectivity index (χ1n) is 5.15. The number of nitrogen functional groups attached to an aromatic ring is 1. The van der Waals surface area contributed by atoms with E-state index < -0.39 is 0 Å². The topological polar surface area (TPSA) is 53.1 Å². The molecule has 0 fully saturated rings. The molecule has 1 aromatic carbocycles. The molecular formula is C12H15N3O. The monoisotopic (exact) mass is 217 g/mol. The van der Waals surface area contributed by atoms with Crippen molar-refractivity contribution in [1.29, 1.82) is 0 Å². The highest BCUT2D eigenvalue weighted by Crippen LogP contribution is 2.07. The minimum absolute atomic E-state index is 0.533. The Kier molecular flexibility index (Phi) is 3.22. The molecule has 84 valence electrons. The Labute approximate surface area is 94.6 Å². The zero-order chi connectivity index (χ0) is 11.4. The third-order valence-electron chi connectivity index (χ3n) is 2.27. The number of rotatable bonds is 4. The molecule has 0 saturated heterocycles. The van der Waals surface area contributed by atoms with Crippen LogP contribution in [0, 0.1) is 0 Å². The molecule has 2 N–H and O–H groups in total. The van der Waals surface area contributed by atoms with Gasteiger partial charge in [0.05, 0.1) is 18.9 Å². The third-order valence-corrected chi connectivity index (χ3v) is 2.27. The SMILES string of the molecule is Cn1ccc(COCc2ccc(N)cc2)n1. The van der Waals surface area contributed by atoms with Crippen LogP contribution in [-0.2, 0) is 25.0 Å². The van der Waals surface area contributed by atoms with Gasteiger partial charge in [-0.2, -0.15) is 5.10 Å². The quantitative estimate of drug-likeness (QED) is 0.793. The smallest absolute Gasteiger partial charge is 0.0910 e. The van der Waals surface area contributed by atoms with Crippen molar-refractivity contribution in [1.82, 2.24) is 9.78 Å². The Morgan fingerprint density at radius 3 is 2.56 bits per heavy atom. The number of benzene rings is 1. The number of aryl methyl sites for hydroxylation is 1. The molecule has 0 spiro atoms. The largest absolute Gasteiger partial charge is 0.399 e. The molecule has 2 aromatic rings. The molecule has 4 heteroatoms. The van der Waals surface area contributed by atoms with Crippen molar-refractivity contribution < 1.29 is 4.74 Å². The second-order valence-electron chi connectivity index (χ2n) is 3.72. The highest BCUT2D eigenvalue weighted by molar-refractivity contribution is 5.39. The van der Waals surface area contributed by atoms with Gasteiger partial charge in [0.15, 0.2) is 0 Å². The Bertz CT molecular complexity index is 448. The van der Waals surface area contributed by atoms with Crippen molar-refractivity contribution in [3.63, 3.8) is 0 Å². The van der Waals surface area contributed by atoms with Gasteiger partial charge in [0.2, 0.25) is 0 Å². The van der Waals surface area contributed by atoms with Gasteiger partial charge >= 0.3 is 0 Å². The average Bonchev–Trinajstić information content (AvgIpc) is 2.67. The molecule has 0 aliphatic heterocycles. The Hall–Kier alpha value is -1.81. The van der Waals surface area contributed by atoms with Crippen LogP contribution in [0.1, 0.15) is 11.3 Å². The summed E-state index contributed by atoms with van der Waals surface area (Å²) in [6.07, 6.45) is 1.90. The van der Waals surface area contributed by atoms with Gasteiger partial charge in [-0.25, -0.2) is 0 Å². The van der Waals surface area contributed by atoms with Crippen molar-refractivity contribution in [2.45, 2.75) is 13.2 Å². The molecule has 4 nitrogen and oxygen atoms in total. The third kappa shape index (κ3) is 2.84. The van der Waals surface area contributed by atoms with Crippen molar-refractivity contribution in [2.75, 3.05) is 5.73 Å². The van der Waals surface area contributed by atoms with E-state index in [9.17, 15) is 0 Å². The van der Waals surface area contributed by atoms with Crippen molar-refractivity contribution in [3.8, 4) is 0 Å². The number of hydrogen-bond acceptors (Lipinski definition) is 3. The summed E-state index contributed by atoms with van der Waals surface area (Å²) >= 11 is 0. The Balaban J connectivity index is 1.82. The minimum Gasteiger partial charge on any atom is -0.399 e. The highest BCUT2D eigenvalue weighted by atomic mass is 16.5. The number of ether oxygens (including phenoxy) is 1. The van der Waals surface area contributed by atoms with Crippen LogP contribution in [0.4, 0.5) is 5.69 Å². The van der Waals surface area contributed by atoms with Crippen LogP contribution in [0.25, 0.3) is 0 Å². The molecule has 0 atom stereocenters. The van der Waals surface area contributed by atoms with Crippen LogP contribution >= 0.6 is 0 Å². The first-order valence-corrected chi connectivity index (χ1v) is 5.15. The summed E-state index contributed by atoms with van der Waals surface area (Å²) in [5.41, 5.74) is 8.43. The Morgan fingerprint density at radius 1 is 1.19 bits per heavy atom. The van der Waals surface area contributed by atoms with Gasteiger partial charge in [-0.3, -0.25) is 4.68 Å². The van der Waals surface area contributed by atoms with Crippen molar-refractivity contribution in [3.05, 3.63) is 47.8 Å².